The number of para-hydroxylation sites is 1. The Labute approximate surface area is 164 Å². The molecule has 2 amide bonds. The minimum absolute atomic E-state index is 0.0406. The second kappa shape index (κ2) is 8.48. The van der Waals surface area contributed by atoms with Crippen LogP contribution in [0.25, 0.3) is 11.1 Å². The van der Waals surface area contributed by atoms with Crippen LogP contribution in [0.1, 0.15) is 31.7 Å². The van der Waals surface area contributed by atoms with Crippen LogP contribution in [0.15, 0.2) is 42.5 Å². The lowest BCUT2D eigenvalue weighted by Crippen LogP contribution is -2.37. The number of hydrogen-bond donors (Lipinski definition) is 2. The Hall–Kier alpha value is -2.47. The Morgan fingerprint density at radius 3 is 2.70 bits per heavy atom. The maximum atomic E-state index is 12.7. The van der Waals surface area contributed by atoms with Crippen molar-refractivity contribution in [3.63, 3.8) is 0 Å². The van der Waals surface area contributed by atoms with Gasteiger partial charge in [0.25, 0.3) is 0 Å². The van der Waals surface area contributed by atoms with Crippen molar-refractivity contribution in [3.05, 3.63) is 48.0 Å². The SMILES string of the molecule is CSNc1ccccc1-c1ccc(N2CCC(NC=O)C2=O)c(C(C)C)c1. The first-order valence-electron chi connectivity index (χ1n) is 9.10. The zero-order valence-corrected chi connectivity index (χ0v) is 16.7. The quantitative estimate of drug-likeness (QED) is 0.560. The van der Waals surface area contributed by atoms with Crippen LogP contribution < -0.4 is 14.9 Å². The Morgan fingerprint density at radius 2 is 2.00 bits per heavy atom. The molecule has 2 N–H and O–H groups in total. The van der Waals surface area contributed by atoms with Crippen molar-refractivity contribution in [3.8, 4) is 11.1 Å². The fourth-order valence-electron chi connectivity index (χ4n) is 3.52. The van der Waals surface area contributed by atoms with E-state index in [1.807, 2.05) is 24.5 Å². The van der Waals surface area contributed by atoms with E-state index in [1.54, 1.807) is 16.8 Å². The largest absolute Gasteiger partial charge is 0.347 e. The molecule has 1 heterocycles. The molecular weight excluding hydrogens is 358 g/mol. The van der Waals surface area contributed by atoms with E-state index >= 15 is 0 Å². The van der Waals surface area contributed by atoms with Crippen LogP contribution in [-0.2, 0) is 9.59 Å². The third kappa shape index (κ3) is 3.95. The molecule has 5 nitrogen and oxygen atoms in total. The van der Waals surface area contributed by atoms with Crippen LogP contribution in [0.5, 0.6) is 0 Å². The average molecular weight is 384 g/mol. The normalized spacial score (nSPS) is 16.7. The summed E-state index contributed by atoms with van der Waals surface area (Å²) < 4.78 is 3.33. The molecule has 0 radical (unpaired) electrons. The highest BCUT2D eigenvalue weighted by Crippen LogP contribution is 2.36. The van der Waals surface area contributed by atoms with Gasteiger partial charge in [0.1, 0.15) is 6.04 Å². The minimum atomic E-state index is -0.423. The van der Waals surface area contributed by atoms with Crippen molar-refractivity contribution in [1.82, 2.24) is 5.32 Å². The minimum Gasteiger partial charge on any atom is -0.347 e. The molecule has 2 aromatic carbocycles. The standard InChI is InChI=1S/C21H25N3O2S/c1-14(2)17-12-15(16-6-4-5-7-18(16)23-27-3)8-9-20(17)24-11-10-19(21(24)26)22-13-25/h4-9,12-14,19,23H,10-11H2,1-3H3,(H,22,25). The molecule has 0 bridgehead atoms. The first-order chi connectivity index (χ1) is 13.1. The number of nitrogens with zero attached hydrogens (tertiary/aromatic N) is 1. The van der Waals surface area contributed by atoms with Crippen molar-refractivity contribution < 1.29 is 9.59 Å². The maximum Gasteiger partial charge on any atom is 0.249 e. The van der Waals surface area contributed by atoms with Gasteiger partial charge in [-0.15, -0.1) is 0 Å². The number of hydrogen-bond acceptors (Lipinski definition) is 4. The molecular formula is C21H25N3O2S. The molecule has 0 aliphatic carbocycles. The molecule has 0 aromatic heterocycles. The monoisotopic (exact) mass is 383 g/mol. The van der Waals surface area contributed by atoms with E-state index in [0.717, 1.165) is 28.1 Å². The van der Waals surface area contributed by atoms with Gasteiger partial charge in [0.05, 0.1) is 5.69 Å². The molecule has 142 valence electrons. The van der Waals surface area contributed by atoms with Gasteiger partial charge in [0.2, 0.25) is 12.3 Å². The van der Waals surface area contributed by atoms with Crippen LogP contribution in [0, 0.1) is 0 Å². The molecule has 27 heavy (non-hydrogen) atoms. The van der Waals surface area contributed by atoms with Gasteiger partial charge in [-0.25, -0.2) is 0 Å². The van der Waals surface area contributed by atoms with Crippen molar-refractivity contribution in [2.24, 2.45) is 0 Å². The molecule has 1 aliphatic heterocycles. The lowest BCUT2D eigenvalue weighted by atomic mass is 9.94. The number of rotatable bonds is 7. The lowest BCUT2D eigenvalue weighted by molar-refractivity contribution is -0.121. The molecule has 1 saturated heterocycles. The van der Waals surface area contributed by atoms with E-state index in [-0.39, 0.29) is 11.8 Å². The Bertz CT molecular complexity index is 838. The summed E-state index contributed by atoms with van der Waals surface area (Å²) >= 11 is 1.56. The van der Waals surface area contributed by atoms with Crippen molar-refractivity contribution >= 4 is 35.6 Å². The van der Waals surface area contributed by atoms with E-state index < -0.39 is 6.04 Å². The fraction of sp³-hybridized carbons (Fsp3) is 0.333. The van der Waals surface area contributed by atoms with E-state index in [2.05, 4.69) is 48.2 Å². The highest BCUT2D eigenvalue weighted by Gasteiger charge is 2.33. The number of carbonyl (C=O) groups is 2. The molecule has 0 saturated carbocycles. The summed E-state index contributed by atoms with van der Waals surface area (Å²) in [7, 11) is 0. The van der Waals surface area contributed by atoms with Gasteiger partial charge in [-0.3, -0.25) is 9.59 Å². The first kappa shape index (κ1) is 19.3. The number of benzene rings is 2. The summed E-state index contributed by atoms with van der Waals surface area (Å²) in [6, 6.07) is 14.1. The van der Waals surface area contributed by atoms with E-state index in [0.29, 0.717) is 19.4 Å². The molecule has 1 atom stereocenters. The summed E-state index contributed by atoms with van der Waals surface area (Å²) in [6.45, 7) is 4.89. The zero-order valence-electron chi connectivity index (χ0n) is 15.9. The highest BCUT2D eigenvalue weighted by atomic mass is 32.2. The van der Waals surface area contributed by atoms with Gasteiger partial charge in [0.15, 0.2) is 0 Å². The summed E-state index contributed by atoms with van der Waals surface area (Å²) in [4.78, 5) is 25.2. The molecule has 1 unspecified atom stereocenters. The average Bonchev–Trinajstić information content (AvgIpc) is 3.03. The van der Waals surface area contributed by atoms with Gasteiger partial charge in [-0.1, -0.05) is 50.1 Å². The molecule has 3 rings (SSSR count). The van der Waals surface area contributed by atoms with Crippen molar-refractivity contribution in [1.29, 1.82) is 0 Å². The molecule has 0 spiro atoms. The predicted octanol–water partition coefficient (Wildman–Crippen LogP) is 4.02. The number of amides is 2. The topological polar surface area (TPSA) is 61.4 Å². The van der Waals surface area contributed by atoms with E-state index in [1.165, 1.54) is 0 Å². The molecule has 1 aliphatic rings. The Kier molecular flexibility index (Phi) is 6.06. The summed E-state index contributed by atoms with van der Waals surface area (Å²) in [5, 5.41) is 2.62. The number of carbonyl (C=O) groups excluding carboxylic acids is 2. The van der Waals surface area contributed by atoms with Crippen molar-refractivity contribution in [2.45, 2.75) is 32.2 Å². The smallest absolute Gasteiger partial charge is 0.249 e. The van der Waals surface area contributed by atoms with Crippen molar-refractivity contribution in [2.75, 3.05) is 22.4 Å². The summed E-state index contributed by atoms with van der Waals surface area (Å²) in [5.41, 5.74) is 5.39. The summed E-state index contributed by atoms with van der Waals surface area (Å²) in [6.07, 6.45) is 3.24. The van der Waals surface area contributed by atoms with Gasteiger partial charge >= 0.3 is 0 Å². The van der Waals surface area contributed by atoms with Crippen LogP contribution in [0.4, 0.5) is 11.4 Å². The summed E-state index contributed by atoms with van der Waals surface area (Å²) in [5.74, 6) is 0.229. The highest BCUT2D eigenvalue weighted by molar-refractivity contribution is 7.99. The van der Waals surface area contributed by atoms with E-state index in [9.17, 15) is 9.59 Å². The van der Waals surface area contributed by atoms with Gasteiger partial charge in [0, 0.05) is 24.1 Å². The maximum absolute atomic E-state index is 12.7. The van der Waals surface area contributed by atoms with Gasteiger partial charge < -0.3 is 14.9 Å². The first-order valence-corrected chi connectivity index (χ1v) is 10.3. The second-order valence-electron chi connectivity index (χ2n) is 6.90. The predicted molar refractivity (Wildman–Crippen MR) is 113 cm³/mol. The van der Waals surface area contributed by atoms with Gasteiger partial charge in [-0.05, 0) is 41.7 Å². The molecule has 1 fully saturated rings. The van der Waals surface area contributed by atoms with Crippen LogP contribution in [0.3, 0.4) is 0 Å². The zero-order chi connectivity index (χ0) is 19.4. The van der Waals surface area contributed by atoms with Crippen LogP contribution >= 0.6 is 11.9 Å². The number of nitrogens with one attached hydrogen (secondary N) is 2. The Balaban J connectivity index is 2.00. The lowest BCUT2D eigenvalue weighted by Gasteiger charge is -2.23. The van der Waals surface area contributed by atoms with Gasteiger partial charge in [-0.2, -0.15) is 0 Å². The van der Waals surface area contributed by atoms with E-state index in [4.69, 9.17) is 0 Å². The van der Waals surface area contributed by atoms with Crippen LogP contribution in [0.2, 0.25) is 0 Å². The third-order valence-corrected chi connectivity index (χ3v) is 5.29. The molecule has 6 heteroatoms. The molecule has 2 aromatic rings. The fourth-order valence-corrected chi connectivity index (χ4v) is 3.92. The number of anilines is 2. The van der Waals surface area contributed by atoms with Crippen LogP contribution in [-0.4, -0.2) is 31.2 Å². The third-order valence-electron chi connectivity index (χ3n) is 4.87. The Morgan fingerprint density at radius 1 is 1.22 bits per heavy atom. The second-order valence-corrected chi connectivity index (χ2v) is 7.51.